The van der Waals surface area contributed by atoms with Gasteiger partial charge in [-0.3, -0.25) is 5.10 Å². The van der Waals surface area contributed by atoms with Gasteiger partial charge in [-0.15, -0.1) is 0 Å². The van der Waals surface area contributed by atoms with E-state index in [0.717, 1.165) is 0 Å². The van der Waals surface area contributed by atoms with Gasteiger partial charge in [0, 0.05) is 0 Å². The summed E-state index contributed by atoms with van der Waals surface area (Å²) in [5, 5.41) is 12.0. The third-order valence-corrected chi connectivity index (χ3v) is 2.33. The van der Waals surface area contributed by atoms with E-state index in [2.05, 4.69) is 25.8 Å². The molecule has 1 aromatic heterocycles. The average Bonchev–Trinajstić information content (AvgIpc) is 2.82. The lowest BCUT2D eigenvalue weighted by atomic mass is 10.3. The molecule has 0 aliphatic carbocycles. The first kappa shape index (κ1) is 11.4. The largest absolute Gasteiger partial charge is 0.331 e. The average molecular weight is 252 g/mol. The molecule has 0 atom stereocenters. The van der Waals surface area contributed by atoms with Gasteiger partial charge in [0.15, 0.2) is 0 Å². The van der Waals surface area contributed by atoms with E-state index in [-0.39, 0.29) is 12.6 Å². The number of urea groups is 1. The van der Waals surface area contributed by atoms with Crippen molar-refractivity contribution in [2.75, 3.05) is 5.32 Å². The number of hydrogen-bond acceptors (Lipinski definition) is 3. The molecule has 17 heavy (non-hydrogen) atoms. The van der Waals surface area contributed by atoms with Gasteiger partial charge in [-0.25, -0.2) is 9.78 Å². The second kappa shape index (κ2) is 5.31. The summed E-state index contributed by atoms with van der Waals surface area (Å²) < 4.78 is 0. The maximum Gasteiger partial charge on any atom is 0.319 e. The van der Waals surface area contributed by atoms with Gasteiger partial charge < -0.3 is 10.6 Å². The zero-order valence-electron chi connectivity index (χ0n) is 8.77. The van der Waals surface area contributed by atoms with E-state index < -0.39 is 0 Å². The van der Waals surface area contributed by atoms with Crippen molar-refractivity contribution in [3.63, 3.8) is 0 Å². The van der Waals surface area contributed by atoms with Gasteiger partial charge in [-0.05, 0) is 12.1 Å². The van der Waals surface area contributed by atoms with E-state index >= 15 is 0 Å². The number of benzene rings is 1. The monoisotopic (exact) mass is 251 g/mol. The number of rotatable bonds is 3. The van der Waals surface area contributed by atoms with E-state index in [0.29, 0.717) is 16.5 Å². The van der Waals surface area contributed by atoms with Crippen molar-refractivity contribution in [2.45, 2.75) is 6.54 Å². The molecule has 88 valence electrons. The lowest BCUT2D eigenvalue weighted by Crippen LogP contribution is -2.28. The van der Waals surface area contributed by atoms with Gasteiger partial charge in [0.2, 0.25) is 0 Å². The van der Waals surface area contributed by atoms with Crippen molar-refractivity contribution in [3.8, 4) is 0 Å². The molecular formula is C10H10ClN5O. The first-order valence-electron chi connectivity index (χ1n) is 4.89. The molecule has 0 aliphatic heterocycles. The summed E-state index contributed by atoms with van der Waals surface area (Å²) in [6.07, 6.45) is 1.38. The minimum Gasteiger partial charge on any atom is -0.331 e. The SMILES string of the molecule is O=C(NCc1ncn[nH]1)Nc1ccccc1Cl. The fourth-order valence-corrected chi connectivity index (χ4v) is 1.39. The lowest BCUT2D eigenvalue weighted by molar-refractivity contribution is 0.251. The molecule has 6 nitrogen and oxygen atoms in total. The van der Waals surface area contributed by atoms with Crippen molar-refractivity contribution in [3.05, 3.63) is 41.4 Å². The Morgan fingerprint density at radius 2 is 2.24 bits per heavy atom. The molecule has 2 rings (SSSR count). The van der Waals surface area contributed by atoms with Crippen LogP contribution < -0.4 is 10.6 Å². The topological polar surface area (TPSA) is 82.7 Å². The molecular weight excluding hydrogens is 242 g/mol. The molecule has 2 amide bonds. The zero-order chi connectivity index (χ0) is 12.1. The van der Waals surface area contributed by atoms with Gasteiger partial charge in [-0.1, -0.05) is 23.7 Å². The standard InChI is InChI=1S/C10H10ClN5O/c11-7-3-1-2-4-8(7)15-10(17)12-5-9-13-6-14-16-9/h1-4,6H,5H2,(H2,12,15,17)(H,13,14,16). The Balaban J connectivity index is 1.87. The molecule has 1 heterocycles. The summed E-state index contributed by atoms with van der Waals surface area (Å²) in [6, 6.07) is 6.65. The Bertz CT molecular complexity index is 499. The van der Waals surface area contributed by atoms with E-state index in [1.807, 2.05) is 0 Å². The molecule has 0 spiro atoms. The van der Waals surface area contributed by atoms with Gasteiger partial charge in [-0.2, -0.15) is 5.10 Å². The van der Waals surface area contributed by atoms with E-state index in [1.54, 1.807) is 24.3 Å². The molecule has 7 heteroatoms. The fourth-order valence-electron chi connectivity index (χ4n) is 1.21. The summed E-state index contributed by atoms with van der Waals surface area (Å²) in [6.45, 7) is 0.274. The van der Waals surface area contributed by atoms with E-state index in [1.165, 1.54) is 6.33 Å². The second-order valence-electron chi connectivity index (χ2n) is 3.22. The molecule has 0 radical (unpaired) electrons. The number of carbonyl (C=O) groups excluding carboxylic acids is 1. The van der Waals surface area contributed by atoms with Gasteiger partial charge >= 0.3 is 6.03 Å². The number of nitrogens with one attached hydrogen (secondary N) is 3. The molecule has 0 fully saturated rings. The lowest BCUT2D eigenvalue weighted by Gasteiger charge is -2.07. The van der Waals surface area contributed by atoms with Crippen molar-refractivity contribution in [1.29, 1.82) is 0 Å². The fraction of sp³-hybridized carbons (Fsp3) is 0.100. The molecule has 0 saturated heterocycles. The number of aromatic nitrogens is 3. The highest BCUT2D eigenvalue weighted by molar-refractivity contribution is 6.33. The number of amides is 2. The smallest absolute Gasteiger partial charge is 0.319 e. The number of aromatic amines is 1. The van der Waals surface area contributed by atoms with Crippen molar-refractivity contribution in [1.82, 2.24) is 20.5 Å². The number of carbonyl (C=O) groups is 1. The highest BCUT2D eigenvalue weighted by Crippen LogP contribution is 2.19. The molecule has 1 aromatic carbocycles. The highest BCUT2D eigenvalue weighted by atomic mass is 35.5. The Morgan fingerprint density at radius 3 is 2.94 bits per heavy atom. The van der Waals surface area contributed by atoms with Crippen LogP contribution in [0.2, 0.25) is 5.02 Å². The van der Waals surface area contributed by atoms with Crippen LogP contribution in [0.5, 0.6) is 0 Å². The summed E-state index contributed by atoms with van der Waals surface area (Å²) >= 11 is 5.90. The van der Waals surface area contributed by atoms with Gasteiger partial charge in [0.1, 0.15) is 12.2 Å². The van der Waals surface area contributed by atoms with Crippen LogP contribution in [-0.2, 0) is 6.54 Å². The van der Waals surface area contributed by atoms with Crippen LogP contribution in [0.3, 0.4) is 0 Å². The Labute approximate surface area is 102 Å². The summed E-state index contributed by atoms with van der Waals surface area (Å²) in [4.78, 5) is 15.4. The number of H-pyrrole nitrogens is 1. The third-order valence-electron chi connectivity index (χ3n) is 2.00. The molecule has 3 N–H and O–H groups in total. The number of nitrogens with zero attached hydrogens (tertiary/aromatic N) is 2. The van der Waals surface area contributed by atoms with Crippen molar-refractivity contribution >= 4 is 23.3 Å². The number of hydrogen-bond donors (Lipinski definition) is 3. The molecule has 0 saturated carbocycles. The van der Waals surface area contributed by atoms with Crippen molar-refractivity contribution < 1.29 is 4.79 Å². The number of para-hydroxylation sites is 1. The second-order valence-corrected chi connectivity index (χ2v) is 3.63. The number of halogens is 1. The van der Waals surface area contributed by atoms with Crippen LogP contribution in [0.25, 0.3) is 0 Å². The minimum absolute atomic E-state index is 0.274. The minimum atomic E-state index is -0.352. The van der Waals surface area contributed by atoms with Crippen LogP contribution in [0.1, 0.15) is 5.82 Å². The first-order chi connectivity index (χ1) is 8.25. The van der Waals surface area contributed by atoms with E-state index in [9.17, 15) is 4.79 Å². The van der Waals surface area contributed by atoms with Crippen LogP contribution in [0.15, 0.2) is 30.6 Å². The predicted octanol–water partition coefficient (Wildman–Crippen LogP) is 1.78. The predicted molar refractivity (Wildman–Crippen MR) is 63.7 cm³/mol. The van der Waals surface area contributed by atoms with Crippen LogP contribution >= 0.6 is 11.6 Å². The Hall–Kier alpha value is -2.08. The van der Waals surface area contributed by atoms with Gasteiger partial charge in [0.05, 0.1) is 17.3 Å². The van der Waals surface area contributed by atoms with Gasteiger partial charge in [0.25, 0.3) is 0 Å². The first-order valence-corrected chi connectivity index (χ1v) is 5.27. The molecule has 2 aromatic rings. The van der Waals surface area contributed by atoms with Crippen LogP contribution in [-0.4, -0.2) is 21.2 Å². The van der Waals surface area contributed by atoms with Crippen molar-refractivity contribution in [2.24, 2.45) is 0 Å². The number of anilines is 1. The summed E-state index contributed by atoms with van der Waals surface area (Å²) in [7, 11) is 0. The molecule has 0 unspecified atom stereocenters. The quantitative estimate of drug-likeness (QED) is 0.778. The maximum absolute atomic E-state index is 11.5. The van der Waals surface area contributed by atoms with E-state index in [4.69, 9.17) is 11.6 Å². The van der Waals surface area contributed by atoms with Crippen LogP contribution in [0.4, 0.5) is 10.5 Å². The van der Waals surface area contributed by atoms with Crippen LogP contribution in [0, 0.1) is 0 Å². The maximum atomic E-state index is 11.5. The molecule has 0 aliphatic rings. The zero-order valence-corrected chi connectivity index (χ0v) is 9.53. The normalized spacial score (nSPS) is 9.94. The Kier molecular flexibility index (Phi) is 3.56. The Morgan fingerprint density at radius 1 is 1.41 bits per heavy atom. The third kappa shape index (κ3) is 3.18. The molecule has 0 bridgehead atoms. The highest BCUT2D eigenvalue weighted by Gasteiger charge is 2.05. The summed E-state index contributed by atoms with van der Waals surface area (Å²) in [5.74, 6) is 0.583. The summed E-state index contributed by atoms with van der Waals surface area (Å²) in [5.41, 5.74) is 0.559.